The first-order valence-electron chi connectivity index (χ1n) is 5.75. The summed E-state index contributed by atoms with van der Waals surface area (Å²) in [7, 11) is 0. The predicted octanol–water partition coefficient (Wildman–Crippen LogP) is 2.39. The monoisotopic (exact) mass is 223 g/mol. The van der Waals surface area contributed by atoms with Crippen molar-refractivity contribution in [3.8, 4) is 0 Å². The van der Waals surface area contributed by atoms with Crippen LogP contribution in [0, 0.1) is 18.7 Å². The van der Waals surface area contributed by atoms with Crippen LogP contribution in [0.25, 0.3) is 0 Å². The van der Waals surface area contributed by atoms with Crippen molar-refractivity contribution in [3.05, 3.63) is 35.1 Å². The van der Waals surface area contributed by atoms with E-state index in [9.17, 15) is 4.39 Å². The van der Waals surface area contributed by atoms with Crippen molar-refractivity contribution in [1.82, 2.24) is 0 Å². The number of benzene rings is 1. The maximum Gasteiger partial charge on any atom is 0.123 e. The molecule has 0 bridgehead atoms. The van der Waals surface area contributed by atoms with Gasteiger partial charge in [-0.3, -0.25) is 0 Å². The molecule has 0 heterocycles. The number of aryl methyl sites for hydroxylation is 1. The van der Waals surface area contributed by atoms with Gasteiger partial charge in [-0.2, -0.15) is 0 Å². The van der Waals surface area contributed by atoms with E-state index in [-0.39, 0.29) is 5.82 Å². The molecule has 3 heteroatoms. The first kappa shape index (κ1) is 11.6. The van der Waals surface area contributed by atoms with Crippen LogP contribution in [0.3, 0.4) is 0 Å². The van der Waals surface area contributed by atoms with Gasteiger partial charge in [-0.05, 0) is 55.5 Å². The van der Waals surface area contributed by atoms with Gasteiger partial charge in [-0.25, -0.2) is 4.39 Å². The van der Waals surface area contributed by atoms with Gasteiger partial charge in [0.1, 0.15) is 5.82 Å². The highest BCUT2D eigenvalue weighted by atomic mass is 19.1. The molecule has 0 aromatic heterocycles. The van der Waals surface area contributed by atoms with Crippen LogP contribution >= 0.6 is 0 Å². The highest BCUT2D eigenvalue weighted by molar-refractivity contribution is 5.25. The van der Waals surface area contributed by atoms with Crippen LogP contribution in [-0.4, -0.2) is 12.6 Å². The van der Waals surface area contributed by atoms with E-state index < -0.39 is 0 Å². The first-order chi connectivity index (χ1) is 7.69. The molecule has 0 aliphatic heterocycles. The number of halogens is 1. The Bertz CT molecular complexity index is 361. The minimum Gasteiger partial charge on any atom is -0.374 e. The normalized spacial score (nSPS) is 24.2. The highest BCUT2D eigenvalue weighted by Gasteiger charge is 2.28. The van der Waals surface area contributed by atoms with Gasteiger partial charge in [0.05, 0.1) is 12.7 Å². The molecule has 1 aromatic carbocycles. The van der Waals surface area contributed by atoms with Gasteiger partial charge in [0.25, 0.3) is 0 Å². The summed E-state index contributed by atoms with van der Waals surface area (Å²) in [4.78, 5) is 0. The smallest absolute Gasteiger partial charge is 0.123 e. The molecule has 2 N–H and O–H groups in total. The van der Waals surface area contributed by atoms with Gasteiger partial charge < -0.3 is 10.5 Å². The van der Waals surface area contributed by atoms with Crippen molar-refractivity contribution < 1.29 is 9.13 Å². The molecule has 2 rings (SSSR count). The lowest BCUT2D eigenvalue weighted by atomic mass is 9.82. The van der Waals surface area contributed by atoms with Crippen molar-refractivity contribution in [2.45, 2.75) is 32.5 Å². The van der Waals surface area contributed by atoms with E-state index in [0.717, 1.165) is 30.5 Å². The molecule has 0 atom stereocenters. The molecule has 1 saturated carbocycles. The molecule has 1 aliphatic carbocycles. The van der Waals surface area contributed by atoms with Gasteiger partial charge in [0.15, 0.2) is 0 Å². The molecular weight excluding hydrogens is 205 g/mol. The van der Waals surface area contributed by atoms with E-state index in [0.29, 0.717) is 18.6 Å². The van der Waals surface area contributed by atoms with Crippen molar-refractivity contribution in [3.63, 3.8) is 0 Å². The van der Waals surface area contributed by atoms with E-state index in [1.54, 1.807) is 12.1 Å². The Hall–Kier alpha value is -0.930. The molecule has 0 unspecified atom stereocenters. The Balaban J connectivity index is 1.82. The van der Waals surface area contributed by atoms with E-state index in [2.05, 4.69) is 0 Å². The number of hydrogen-bond donors (Lipinski definition) is 1. The fraction of sp³-hybridized carbons (Fsp3) is 0.538. The summed E-state index contributed by atoms with van der Waals surface area (Å²) in [6.45, 7) is 3.24. The van der Waals surface area contributed by atoms with Crippen molar-refractivity contribution >= 4 is 0 Å². The van der Waals surface area contributed by atoms with Gasteiger partial charge in [0, 0.05) is 0 Å². The summed E-state index contributed by atoms with van der Waals surface area (Å²) in [5.74, 6) is 0.451. The van der Waals surface area contributed by atoms with Crippen LogP contribution in [0.2, 0.25) is 0 Å². The lowest BCUT2D eigenvalue weighted by Crippen LogP contribution is -2.35. The molecule has 1 aliphatic rings. The molecule has 1 fully saturated rings. The second-order valence-electron chi connectivity index (χ2n) is 4.58. The second kappa shape index (κ2) is 4.93. The number of nitrogens with two attached hydrogens (primary N) is 1. The number of ether oxygens (including phenoxy) is 1. The third-order valence-corrected chi connectivity index (χ3v) is 3.30. The van der Waals surface area contributed by atoms with Crippen molar-refractivity contribution in [2.24, 2.45) is 11.7 Å². The van der Waals surface area contributed by atoms with Gasteiger partial charge in [0.2, 0.25) is 0 Å². The third-order valence-electron chi connectivity index (χ3n) is 3.30. The zero-order valence-corrected chi connectivity index (χ0v) is 9.58. The molecule has 0 amide bonds. The summed E-state index contributed by atoms with van der Waals surface area (Å²) in [6.07, 6.45) is 2.48. The van der Waals surface area contributed by atoms with Crippen molar-refractivity contribution in [1.29, 1.82) is 0 Å². The Morgan fingerprint density at radius 3 is 2.81 bits per heavy atom. The van der Waals surface area contributed by atoms with Gasteiger partial charge >= 0.3 is 0 Å². The Morgan fingerprint density at radius 1 is 1.44 bits per heavy atom. The summed E-state index contributed by atoms with van der Waals surface area (Å²) in [5, 5.41) is 0. The predicted molar refractivity (Wildman–Crippen MR) is 61.5 cm³/mol. The summed E-state index contributed by atoms with van der Waals surface area (Å²) >= 11 is 0. The molecule has 88 valence electrons. The molecule has 16 heavy (non-hydrogen) atoms. The fourth-order valence-electron chi connectivity index (χ4n) is 2.03. The van der Waals surface area contributed by atoms with Crippen LogP contribution in [0.15, 0.2) is 18.2 Å². The molecule has 2 nitrogen and oxygen atoms in total. The fourth-order valence-corrected chi connectivity index (χ4v) is 2.03. The Morgan fingerprint density at radius 2 is 2.19 bits per heavy atom. The average molecular weight is 223 g/mol. The van der Waals surface area contributed by atoms with E-state index in [1.165, 1.54) is 6.07 Å². The molecule has 0 spiro atoms. The Labute approximate surface area is 95.6 Å². The zero-order valence-electron chi connectivity index (χ0n) is 9.58. The average Bonchev–Trinajstić information content (AvgIpc) is 2.18. The minimum atomic E-state index is -0.187. The SMILES string of the molecule is Cc1cc(F)ccc1COC1CC(CN)C1. The topological polar surface area (TPSA) is 35.2 Å². The van der Waals surface area contributed by atoms with Gasteiger partial charge in [-0.15, -0.1) is 0 Å². The van der Waals surface area contributed by atoms with E-state index in [4.69, 9.17) is 10.5 Å². The minimum absolute atomic E-state index is 0.187. The van der Waals surface area contributed by atoms with E-state index in [1.807, 2.05) is 6.92 Å². The first-order valence-corrected chi connectivity index (χ1v) is 5.75. The second-order valence-corrected chi connectivity index (χ2v) is 4.58. The lowest BCUT2D eigenvalue weighted by molar-refractivity contribution is -0.0377. The van der Waals surface area contributed by atoms with Crippen LogP contribution in [0.5, 0.6) is 0 Å². The highest BCUT2D eigenvalue weighted by Crippen LogP contribution is 2.29. The van der Waals surface area contributed by atoms with Crippen LogP contribution in [-0.2, 0) is 11.3 Å². The molecule has 0 saturated heterocycles. The Kier molecular flexibility index (Phi) is 3.56. The summed E-state index contributed by atoms with van der Waals surface area (Å²) in [6, 6.07) is 4.82. The molecule has 0 radical (unpaired) electrons. The maximum absolute atomic E-state index is 12.9. The lowest BCUT2D eigenvalue weighted by Gasteiger charge is -2.34. The van der Waals surface area contributed by atoms with Crippen LogP contribution in [0.4, 0.5) is 4.39 Å². The summed E-state index contributed by atoms with van der Waals surface area (Å²) < 4.78 is 18.6. The van der Waals surface area contributed by atoms with Gasteiger partial charge in [-0.1, -0.05) is 6.07 Å². The number of rotatable bonds is 4. The van der Waals surface area contributed by atoms with E-state index >= 15 is 0 Å². The van der Waals surface area contributed by atoms with Crippen LogP contribution in [0.1, 0.15) is 24.0 Å². The molecule has 1 aromatic rings. The number of hydrogen-bond acceptors (Lipinski definition) is 2. The standard InChI is InChI=1S/C13H18FNO/c1-9-4-12(14)3-2-11(9)8-16-13-5-10(6-13)7-15/h2-4,10,13H,5-8,15H2,1H3. The summed E-state index contributed by atoms with van der Waals surface area (Å²) in [5.41, 5.74) is 7.57. The third kappa shape index (κ3) is 2.60. The zero-order chi connectivity index (χ0) is 11.5. The molecular formula is C13H18FNO. The maximum atomic E-state index is 12.9. The quantitative estimate of drug-likeness (QED) is 0.850. The van der Waals surface area contributed by atoms with Crippen molar-refractivity contribution in [2.75, 3.05) is 6.54 Å². The van der Waals surface area contributed by atoms with Crippen LogP contribution < -0.4 is 5.73 Å². The largest absolute Gasteiger partial charge is 0.374 e.